The molecule has 2 aromatic rings. The van der Waals surface area contributed by atoms with Crippen LogP contribution in [-0.2, 0) is 11.3 Å². The Kier molecular flexibility index (Phi) is 9.09. The molecule has 0 aromatic carbocycles. The van der Waals surface area contributed by atoms with Gasteiger partial charge in [-0.1, -0.05) is 6.07 Å². The Morgan fingerprint density at radius 3 is 3.00 bits per heavy atom. The summed E-state index contributed by atoms with van der Waals surface area (Å²) in [5.41, 5.74) is 0.839. The number of aliphatic imine (C=N–C) groups is 1. The van der Waals surface area contributed by atoms with Gasteiger partial charge in [-0.15, -0.1) is 35.3 Å². The number of nitrogens with one attached hydrogen (secondary N) is 2. The molecule has 2 N–H and O–H groups in total. The SMILES string of the molecule is CCOCCNC(=NC)NCc1coc(-c2cccs2)n1.I. The molecule has 0 aliphatic heterocycles. The molecule has 0 bridgehead atoms. The Bertz CT molecular complexity index is 557. The number of oxazole rings is 1. The number of halogens is 1. The number of thiophene rings is 1. The van der Waals surface area contributed by atoms with Crippen LogP contribution in [-0.4, -0.2) is 37.7 Å². The van der Waals surface area contributed by atoms with Crippen molar-refractivity contribution < 1.29 is 9.15 Å². The highest BCUT2D eigenvalue weighted by molar-refractivity contribution is 14.0. The molecule has 0 radical (unpaired) electrons. The van der Waals surface area contributed by atoms with Crippen molar-refractivity contribution in [3.8, 4) is 10.8 Å². The summed E-state index contributed by atoms with van der Waals surface area (Å²) in [6.07, 6.45) is 1.66. The summed E-state index contributed by atoms with van der Waals surface area (Å²) in [5.74, 6) is 1.37. The third-order valence-corrected chi connectivity index (χ3v) is 3.55. The molecule has 8 heteroatoms. The van der Waals surface area contributed by atoms with E-state index in [4.69, 9.17) is 9.15 Å². The van der Waals surface area contributed by atoms with E-state index in [0.717, 1.165) is 23.1 Å². The number of ether oxygens (including phenoxy) is 1. The van der Waals surface area contributed by atoms with E-state index in [0.29, 0.717) is 25.6 Å². The Morgan fingerprint density at radius 2 is 2.32 bits per heavy atom. The van der Waals surface area contributed by atoms with Crippen molar-refractivity contribution in [2.45, 2.75) is 13.5 Å². The smallest absolute Gasteiger partial charge is 0.236 e. The summed E-state index contributed by atoms with van der Waals surface area (Å²) in [6, 6.07) is 3.97. The van der Waals surface area contributed by atoms with E-state index >= 15 is 0 Å². The molecule has 0 saturated carbocycles. The minimum absolute atomic E-state index is 0. The van der Waals surface area contributed by atoms with Gasteiger partial charge in [-0.3, -0.25) is 4.99 Å². The van der Waals surface area contributed by atoms with Gasteiger partial charge in [0.25, 0.3) is 0 Å². The van der Waals surface area contributed by atoms with Gasteiger partial charge in [-0.05, 0) is 18.4 Å². The molecule has 0 spiro atoms. The van der Waals surface area contributed by atoms with Crippen molar-refractivity contribution in [1.29, 1.82) is 0 Å². The molecule has 0 amide bonds. The molecular formula is C14H21IN4O2S. The summed E-state index contributed by atoms with van der Waals surface area (Å²) in [7, 11) is 1.73. The highest BCUT2D eigenvalue weighted by atomic mass is 127. The van der Waals surface area contributed by atoms with Crippen LogP contribution < -0.4 is 10.6 Å². The largest absolute Gasteiger partial charge is 0.443 e. The Balaban J connectivity index is 0.00000242. The van der Waals surface area contributed by atoms with Gasteiger partial charge < -0.3 is 19.8 Å². The predicted octanol–water partition coefficient (Wildman–Crippen LogP) is 2.72. The Morgan fingerprint density at radius 1 is 1.45 bits per heavy atom. The Labute approximate surface area is 151 Å². The van der Waals surface area contributed by atoms with E-state index in [2.05, 4.69) is 20.6 Å². The van der Waals surface area contributed by atoms with Crippen LogP contribution in [0.2, 0.25) is 0 Å². The van der Waals surface area contributed by atoms with Crippen LogP contribution in [0.15, 0.2) is 33.2 Å². The third kappa shape index (κ3) is 5.93. The van der Waals surface area contributed by atoms with Crippen LogP contribution in [0.4, 0.5) is 0 Å². The van der Waals surface area contributed by atoms with Gasteiger partial charge in [0.05, 0.1) is 23.7 Å². The lowest BCUT2D eigenvalue weighted by molar-refractivity contribution is 0.152. The van der Waals surface area contributed by atoms with E-state index in [1.165, 1.54) is 0 Å². The first-order chi connectivity index (χ1) is 10.3. The number of aromatic nitrogens is 1. The zero-order valence-electron chi connectivity index (χ0n) is 12.7. The van der Waals surface area contributed by atoms with Gasteiger partial charge in [0.2, 0.25) is 5.89 Å². The quantitative estimate of drug-likeness (QED) is 0.302. The Hall–Kier alpha value is -1.13. The van der Waals surface area contributed by atoms with E-state index in [9.17, 15) is 0 Å². The average Bonchev–Trinajstić information content (AvgIpc) is 3.17. The van der Waals surface area contributed by atoms with Crippen LogP contribution in [0.25, 0.3) is 10.8 Å². The second kappa shape index (κ2) is 10.6. The van der Waals surface area contributed by atoms with Crippen molar-refractivity contribution in [2.24, 2.45) is 4.99 Å². The van der Waals surface area contributed by atoms with Crippen LogP contribution in [0.5, 0.6) is 0 Å². The third-order valence-electron chi connectivity index (χ3n) is 2.69. The summed E-state index contributed by atoms with van der Waals surface area (Å²) in [6.45, 7) is 4.63. The normalized spacial score (nSPS) is 11.1. The molecule has 2 aromatic heterocycles. The molecule has 0 aliphatic rings. The molecule has 2 heterocycles. The lowest BCUT2D eigenvalue weighted by atomic mass is 10.4. The minimum Gasteiger partial charge on any atom is -0.443 e. The number of nitrogens with zero attached hydrogens (tertiary/aromatic N) is 2. The van der Waals surface area contributed by atoms with Crippen LogP contribution in [0.1, 0.15) is 12.6 Å². The summed E-state index contributed by atoms with van der Waals surface area (Å²) in [5, 5.41) is 8.35. The minimum atomic E-state index is 0. The highest BCUT2D eigenvalue weighted by Gasteiger charge is 2.07. The van der Waals surface area contributed by atoms with Crippen molar-refractivity contribution in [3.05, 3.63) is 29.5 Å². The van der Waals surface area contributed by atoms with E-state index in [1.807, 2.05) is 24.4 Å². The van der Waals surface area contributed by atoms with E-state index in [-0.39, 0.29) is 24.0 Å². The summed E-state index contributed by atoms with van der Waals surface area (Å²) < 4.78 is 10.7. The van der Waals surface area contributed by atoms with Gasteiger partial charge in [0.1, 0.15) is 6.26 Å². The molecule has 6 nitrogen and oxygen atoms in total. The van der Waals surface area contributed by atoms with Crippen molar-refractivity contribution in [2.75, 3.05) is 26.8 Å². The summed E-state index contributed by atoms with van der Waals surface area (Å²) in [4.78, 5) is 9.61. The summed E-state index contributed by atoms with van der Waals surface area (Å²) >= 11 is 1.61. The van der Waals surface area contributed by atoms with Crippen LogP contribution >= 0.6 is 35.3 Å². The molecule has 0 saturated heterocycles. The molecule has 0 aliphatic carbocycles. The van der Waals surface area contributed by atoms with Gasteiger partial charge in [0.15, 0.2) is 5.96 Å². The van der Waals surface area contributed by atoms with E-state index < -0.39 is 0 Å². The maximum absolute atomic E-state index is 5.47. The van der Waals surface area contributed by atoms with Crippen molar-refractivity contribution in [1.82, 2.24) is 15.6 Å². The standard InChI is InChI=1S/C14H20N4O2S.HI/c1-3-19-7-6-16-14(15-2)17-9-11-10-20-13(18-11)12-5-4-8-21-12;/h4-5,8,10H,3,6-7,9H2,1-2H3,(H2,15,16,17);1H. The van der Waals surface area contributed by atoms with E-state index in [1.54, 1.807) is 24.6 Å². The second-order valence-corrected chi connectivity index (χ2v) is 5.12. The first kappa shape index (κ1) is 18.9. The number of guanidine groups is 1. The molecule has 22 heavy (non-hydrogen) atoms. The fourth-order valence-electron chi connectivity index (χ4n) is 1.68. The van der Waals surface area contributed by atoms with Crippen LogP contribution in [0, 0.1) is 0 Å². The zero-order valence-corrected chi connectivity index (χ0v) is 15.8. The second-order valence-electron chi connectivity index (χ2n) is 4.17. The first-order valence-corrected chi connectivity index (χ1v) is 7.72. The lowest BCUT2D eigenvalue weighted by Gasteiger charge is -2.10. The van der Waals surface area contributed by atoms with Crippen LogP contribution in [0.3, 0.4) is 0 Å². The highest BCUT2D eigenvalue weighted by Crippen LogP contribution is 2.23. The number of rotatable bonds is 7. The molecule has 0 atom stereocenters. The number of hydrogen-bond acceptors (Lipinski definition) is 5. The maximum atomic E-state index is 5.47. The first-order valence-electron chi connectivity index (χ1n) is 6.84. The maximum Gasteiger partial charge on any atom is 0.236 e. The molecule has 2 rings (SSSR count). The molecule has 122 valence electrons. The van der Waals surface area contributed by atoms with Crippen molar-refractivity contribution >= 4 is 41.3 Å². The lowest BCUT2D eigenvalue weighted by Crippen LogP contribution is -2.38. The van der Waals surface area contributed by atoms with Crippen molar-refractivity contribution in [3.63, 3.8) is 0 Å². The predicted molar refractivity (Wildman–Crippen MR) is 99.9 cm³/mol. The van der Waals surface area contributed by atoms with Gasteiger partial charge in [0, 0.05) is 20.2 Å². The molecule has 0 unspecified atom stereocenters. The van der Waals surface area contributed by atoms with Gasteiger partial charge in [-0.2, -0.15) is 0 Å². The fourth-order valence-corrected chi connectivity index (χ4v) is 2.34. The molecular weight excluding hydrogens is 415 g/mol. The fraction of sp³-hybridized carbons (Fsp3) is 0.429. The topological polar surface area (TPSA) is 71.7 Å². The average molecular weight is 436 g/mol. The molecule has 0 fully saturated rings. The number of hydrogen-bond donors (Lipinski definition) is 2. The van der Waals surface area contributed by atoms with Gasteiger partial charge in [-0.25, -0.2) is 4.98 Å². The monoisotopic (exact) mass is 436 g/mol. The van der Waals surface area contributed by atoms with Gasteiger partial charge >= 0.3 is 0 Å². The zero-order chi connectivity index (χ0) is 14.9.